The number of nitrogens with zero attached hydrogens (tertiary/aromatic N) is 6. The number of hydrogen-bond donors (Lipinski definition) is 1. The van der Waals surface area contributed by atoms with Crippen molar-refractivity contribution in [2.45, 2.75) is 63.5 Å². The van der Waals surface area contributed by atoms with E-state index < -0.39 is 5.97 Å². The van der Waals surface area contributed by atoms with Crippen LogP contribution in [-0.4, -0.2) is 47.0 Å². The minimum absolute atomic E-state index is 0.150. The van der Waals surface area contributed by atoms with Crippen LogP contribution in [0.25, 0.3) is 22.1 Å². The Labute approximate surface area is 282 Å². The SMILES string of the molecule is II.O=C(O)c1cc2cnc(Cl)nc2n1C1CCCC1.O=Cc1cc2cnc(Cl)nc2n1C1CCCC1.[2H][I-]I. The molecule has 39 heavy (non-hydrogen) atoms. The van der Waals surface area contributed by atoms with Crippen molar-refractivity contribution in [3.63, 3.8) is 0 Å². The molecule has 0 aromatic carbocycles. The second kappa shape index (κ2) is 16.5. The number of carbonyl (C=O) groups excluding carboxylic acids is 1. The maximum absolute atomic E-state index is 11.3. The monoisotopic (exact) mass is 1020 g/mol. The molecule has 4 heterocycles. The number of halogens is 6. The van der Waals surface area contributed by atoms with E-state index in [2.05, 4.69) is 75.8 Å². The molecule has 0 unspecified atom stereocenters. The summed E-state index contributed by atoms with van der Waals surface area (Å²) in [6.07, 6.45) is 13.0. The number of fused-ring (bicyclic) bond motifs is 2. The average molecular weight is 1030 g/mol. The van der Waals surface area contributed by atoms with E-state index in [1.54, 1.807) is 23.0 Å². The molecule has 4 aromatic rings. The van der Waals surface area contributed by atoms with Gasteiger partial charge >= 0.3 is 43.6 Å². The molecule has 0 amide bonds. The predicted octanol–water partition coefficient (Wildman–Crippen LogP) is 5.30. The zero-order chi connectivity index (χ0) is 29.2. The molecule has 9 nitrogen and oxygen atoms in total. The molecular formula is C24H25Cl2I4N6O3-. The molecule has 0 radical (unpaired) electrons. The molecule has 212 valence electrons. The summed E-state index contributed by atoms with van der Waals surface area (Å²) in [6, 6.07) is 4.03. The number of aromatic carboxylic acids is 1. The Morgan fingerprint density at radius 1 is 0.949 bits per heavy atom. The average Bonchev–Trinajstić information content (AvgIpc) is 3.75. The van der Waals surface area contributed by atoms with Crippen LogP contribution in [0.2, 0.25) is 10.6 Å². The summed E-state index contributed by atoms with van der Waals surface area (Å²) in [5.74, 6) is -0.934. The van der Waals surface area contributed by atoms with Crippen LogP contribution in [0.5, 0.6) is 0 Å². The Hall–Kier alpha value is -0.120. The fraction of sp³-hybridized carbons (Fsp3) is 0.417. The number of carbonyl (C=O) groups is 2. The van der Waals surface area contributed by atoms with Gasteiger partial charge in [0.15, 0.2) is 6.29 Å². The van der Waals surface area contributed by atoms with Crippen LogP contribution in [0.3, 0.4) is 0 Å². The van der Waals surface area contributed by atoms with Gasteiger partial charge < -0.3 is 14.2 Å². The second-order valence-corrected chi connectivity index (χ2v) is 9.65. The summed E-state index contributed by atoms with van der Waals surface area (Å²) in [7, 11) is 0. The first-order chi connectivity index (χ1) is 19.4. The normalized spacial score (nSPS) is 15.7. The Kier molecular flexibility index (Phi) is 13.5. The topological polar surface area (TPSA) is 116 Å². The predicted molar refractivity (Wildman–Crippen MR) is 176 cm³/mol. The van der Waals surface area contributed by atoms with Gasteiger partial charge in [0, 0.05) is 72.5 Å². The first kappa shape index (κ1) is 31.8. The van der Waals surface area contributed by atoms with E-state index in [0.717, 1.165) is 61.2 Å². The van der Waals surface area contributed by atoms with Crippen molar-refractivity contribution < 1.29 is 33.1 Å². The molecule has 0 spiro atoms. The summed E-state index contributed by atoms with van der Waals surface area (Å²) in [5.41, 5.74) is 2.34. The molecule has 2 aliphatic carbocycles. The molecule has 1 N–H and O–H groups in total. The first-order valence-electron chi connectivity index (χ1n) is 12.4. The molecule has 4 aromatic heterocycles. The van der Waals surface area contributed by atoms with Crippen LogP contribution in [0.15, 0.2) is 24.5 Å². The fourth-order valence-corrected chi connectivity index (χ4v) is 5.59. The number of aldehydes is 1. The third-order valence-corrected chi connectivity index (χ3v) is 7.21. The van der Waals surface area contributed by atoms with E-state index in [-0.39, 0.29) is 40.7 Å². The third kappa shape index (κ3) is 8.04. The quantitative estimate of drug-likeness (QED) is 0.168. The van der Waals surface area contributed by atoms with Crippen molar-refractivity contribution in [1.29, 1.82) is 0.594 Å². The summed E-state index contributed by atoms with van der Waals surface area (Å²) in [4.78, 5) is 38.7. The number of hydrogen-bond acceptors (Lipinski definition) is 6. The summed E-state index contributed by atoms with van der Waals surface area (Å²) >= 11 is 17.7. The van der Waals surface area contributed by atoms with Crippen molar-refractivity contribution in [3.8, 4) is 0 Å². The second-order valence-electron chi connectivity index (χ2n) is 8.97. The molecule has 0 aliphatic heterocycles. The summed E-state index contributed by atoms with van der Waals surface area (Å²) in [6.45, 7) is 0. The van der Waals surface area contributed by atoms with Gasteiger partial charge in [0.1, 0.15) is 17.0 Å². The van der Waals surface area contributed by atoms with Gasteiger partial charge in [-0.1, -0.05) is 25.7 Å². The molecule has 0 saturated heterocycles. The van der Waals surface area contributed by atoms with Crippen molar-refractivity contribution in [2.75, 3.05) is 0 Å². The van der Waals surface area contributed by atoms with Gasteiger partial charge in [-0.15, -0.1) is 0 Å². The van der Waals surface area contributed by atoms with Crippen molar-refractivity contribution in [1.82, 2.24) is 29.1 Å². The van der Waals surface area contributed by atoms with Gasteiger partial charge in [-0.25, -0.2) is 14.8 Å². The number of carboxylic acid groups (broad SMARTS) is 1. The van der Waals surface area contributed by atoms with Crippen LogP contribution in [-0.2, 0) is 0 Å². The van der Waals surface area contributed by atoms with Crippen LogP contribution in [0.1, 0.15) is 84.4 Å². The zero-order valence-electron chi connectivity index (χ0n) is 21.4. The molecule has 0 atom stereocenters. The van der Waals surface area contributed by atoms with E-state index in [1.807, 2.05) is 10.6 Å². The maximum atomic E-state index is 11.3. The zero-order valence-corrected chi connectivity index (χ0v) is 30.6. The number of rotatable bonds is 4. The van der Waals surface area contributed by atoms with E-state index >= 15 is 0 Å². The van der Waals surface area contributed by atoms with Crippen LogP contribution in [0.4, 0.5) is 0 Å². The third-order valence-electron chi connectivity index (χ3n) is 6.84. The van der Waals surface area contributed by atoms with Gasteiger partial charge in [-0.3, -0.25) is 4.79 Å². The molecular weight excluding hydrogens is 999 g/mol. The van der Waals surface area contributed by atoms with Gasteiger partial charge in [-0.05, 0) is 61.0 Å². The summed E-state index contributed by atoms with van der Waals surface area (Å²) < 4.78 is 10.1. The van der Waals surface area contributed by atoms with Gasteiger partial charge in [0.25, 0.3) is 0 Å². The fourth-order valence-electron chi connectivity index (χ4n) is 5.33. The van der Waals surface area contributed by atoms with Crippen molar-refractivity contribution >= 4 is 113 Å². The molecule has 0 bridgehead atoms. The Morgan fingerprint density at radius 3 is 1.85 bits per heavy atom. The molecule has 6 rings (SSSR count). The van der Waals surface area contributed by atoms with Crippen LogP contribution < -0.4 is 18.4 Å². The molecule has 2 saturated carbocycles. The first-order valence-corrected chi connectivity index (χ1v) is 25.3. The van der Waals surface area contributed by atoms with Gasteiger partial charge in [0.05, 0.1) is 5.69 Å². The minimum atomic E-state index is -0.934. The number of carboxylic acids is 1. The van der Waals surface area contributed by atoms with Gasteiger partial charge in [0.2, 0.25) is 10.6 Å². The van der Waals surface area contributed by atoms with Crippen LogP contribution in [0, 0.1) is 0 Å². The Bertz CT molecular complexity index is 1450. The van der Waals surface area contributed by atoms with E-state index in [0.29, 0.717) is 17.4 Å². The van der Waals surface area contributed by atoms with Crippen molar-refractivity contribution in [2.24, 2.45) is 0 Å². The van der Waals surface area contributed by atoms with E-state index in [9.17, 15) is 14.7 Å². The molecule has 2 aliphatic rings. The van der Waals surface area contributed by atoms with E-state index in [1.165, 1.54) is 12.8 Å². The van der Waals surface area contributed by atoms with Crippen LogP contribution >= 0.6 is 79.0 Å². The molecule has 2 fully saturated rings. The molecule has 15 heteroatoms. The Balaban J connectivity index is 0.000000191. The van der Waals surface area contributed by atoms with E-state index in [4.69, 9.17) is 23.8 Å². The Morgan fingerprint density at radius 2 is 1.38 bits per heavy atom. The van der Waals surface area contributed by atoms with Crippen molar-refractivity contribution in [3.05, 3.63) is 46.5 Å². The van der Waals surface area contributed by atoms with Gasteiger partial charge in [-0.2, -0.15) is 9.97 Å². The summed E-state index contributed by atoms with van der Waals surface area (Å²) in [5, 5.41) is 11.3. The standard InChI is InChI=1S/C12H12ClN3O2.C12H12ClN3O.HI2.I2/c13-12-14-6-7-5-9(11(17)18)16(10(7)15-12)8-3-1-2-4-8;13-12-14-6-8-5-10(7-17)16(11(8)15-12)9-3-1-2-4-9;2*1-2/h5-6,8H,1-4H2,(H,17,18);5-7,9H,1-4H2;1H;/q;;-1;/i;;1D;. The number of aromatic nitrogens is 6.